The summed E-state index contributed by atoms with van der Waals surface area (Å²) in [4.78, 5) is 11.0. The average molecular weight is 353 g/mol. The molecule has 0 atom stereocenters. The molecule has 0 saturated carbocycles. The highest BCUT2D eigenvalue weighted by atomic mass is 127. The molecule has 1 N–H and O–H groups in total. The molecular formula is C13H21FINO. The molecule has 0 rings (SSSR count). The van der Waals surface area contributed by atoms with Crippen LogP contribution in [0.4, 0.5) is 4.39 Å². The zero-order valence-electron chi connectivity index (χ0n) is 10.2. The summed E-state index contributed by atoms with van der Waals surface area (Å²) < 4.78 is 14.3. The molecular weight excluding hydrogens is 332 g/mol. The quantitative estimate of drug-likeness (QED) is 0.363. The Hall–Kier alpha value is -0.310. The molecule has 0 aromatic carbocycles. The zero-order chi connectivity index (χ0) is 12.8. The molecule has 0 aliphatic heterocycles. The van der Waals surface area contributed by atoms with E-state index in [0.29, 0.717) is 13.0 Å². The van der Waals surface area contributed by atoms with Crippen LogP contribution in [-0.4, -0.2) is 19.1 Å². The van der Waals surface area contributed by atoms with Gasteiger partial charge < -0.3 is 5.32 Å². The van der Waals surface area contributed by atoms with E-state index in [2.05, 4.69) is 15.2 Å². The summed E-state index contributed by atoms with van der Waals surface area (Å²) in [5, 5.41) is 2.74. The molecule has 0 radical (unpaired) electrons. The number of alkyl halides is 1. The Morgan fingerprint density at radius 2 is 1.53 bits per heavy atom. The van der Waals surface area contributed by atoms with Crippen molar-refractivity contribution in [3.05, 3.63) is 0 Å². The number of carbonyl (C=O) groups is 1. The van der Waals surface area contributed by atoms with E-state index >= 15 is 0 Å². The number of carbonyl (C=O) groups excluding carboxylic acids is 1. The molecule has 0 aliphatic rings. The van der Waals surface area contributed by atoms with E-state index in [0.717, 1.165) is 25.7 Å². The van der Waals surface area contributed by atoms with E-state index in [-0.39, 0.29) is 12.6 Å². The van der Waals surface area contributed by atoms with E-state index in [9.17, 15) is 9.18 Å². The number of hydrogen-bond donors (Lipinski definition) is 1. The molecule has 0 aliphatic carbocycles. The van der Waals surface area contributed by atoms with E-state index in [1.807, 2.05) is 22.6 Å². The lowest BCUT2D eigenvalue weighted by Gasteiger charge is -2.02. The molecule has 0 saturated heterocycles. The molecule has 98 valence electrons. The monoisotopic (exact) mass is 353 g/mol. The smallest absolute Gasteiger partial charge is 0.296 e. The van der Waals surface area contributed by atoms with Crippen molar-refractivity contribution in [2.45, 2.75) is 51.4 Å². The van der Waals surface area contributed by atoms with Gasteiger partial charge in [0.15, 0.2) is 0 Å². The van der Waals surface area contributed by atoms with E-state index in [1.165, 1.54) is 19.3 Å². The van der Waals surface area contributed by atoms with Gasteiger partial charge in [0.1, 0.15) is 0 Å². The first-order valence-corrected chi connectivity index (χ1v) is 7.34. The highest BCUT2D eigenvalue weighted by Crippen LogP contribution is 2.08. The van der Waals surface area contributed by atoms with Crippen molar-refractivity contribution in [1.29, 1.82) is 0 Å². The summed E-state index contributed by atoms with van der Waals surface area (Å²) in [5.74, 6) is 2.24. The fourth-order valence-electron chi connectivity index (χ4n) is 1.57. The lowest BCUT2D eigenvalue weighted by molar-refractivity contribution is -0.115. The summed E-state index contributed by atoms with van der Waals surface area (Å²) in [6.07, 6.45) is 8.64. The van der Waals surface area contributed by atoms with E-state index in [4.69, 9.17) is 0 Å². The summed E-state index contributed by atoms with van der Waals surface area (Å²) in [7, 11) is 0. The lowest BCUT2D eigenvalue weighted by Crippen LogP contribution is -2.22. The first kappa shape index (κ1) is 16.7. The van der Waals surface area contributed by atoms with Crippen LogP contribution in [0.5, 0.6) is 0 Å². The zero-order valence-corrected chi connectivity index (χ0v) is 12.4. The average Bonchev–Trinajstić information content (AvgIpc) is 2.32. The van der Waals surface area contributed by atoms with Gasteiger partial charge in [-0.05, 0) is 16.8 Å². The van der Waals surface area contributed by atoms with Crippen molar-refractivity contribution in [2.24, 2.45) is 0 Å². The lowest BCUT2D eigenvalue weighted by atomic mass is 10.1. The number of rotatable bonds is 10. The van der Waals surface area contributed by atoms with Gasteiger partial charge in [-0.15, -0.1) is 0 Å². The van der Waals surface area contributed by atoms with Gasteiger partial charge in [-0.3, -0.25) is 9.18 Å². The Labute approximate surface area is 117 Å². The molecule has 0 spiro atoms. The van der Waals surface area contributed by atoms with Crippen LogP contribution in [0.1, 0.15) is 51.4 Å². The summed E-state index contributed by atoms with van der Waals surface area (Å²) >= 11 is 1.85. The normalized spacial score (nSPS) is 9.53. The molecule has 0 fully saturated rings. The van der Waals surface area contributed by atoms with E-state index < -0.39 is 0 Å². The van der Waals surface area contributed by atoms with Gasteiger partial charge in [0.2, 0.25) is 0 Å². The Morgan fingerprint density at radius 1 is 1.00 bits per heavy atom. The van der Waals surface area contributed by atoms with E-state index in [1.54, 1.807) is 0 Å². The molecule has 0 aromatic rings. The third kappa shape index (κ3) is 13.6. The van der Waals surface area contributed by atoms with Crippen LogP contribution in [-0.2, 0) is 4.79 Å². The predicted octanol–water partition coefficient (Wildman–Crippen LogP) is 3.59. The van der Waals surface area contributed by atoms with Gasteiger partial charge in [0.25, 0.3) is 5.91 Å². The second kappa shape index (κ2) is 13.8. The number of hydrogen-bond acceptors (Lipinski definition) is 1. The Balaban J connectivity index is 3.07. The molecule has 0 heterocycles. The Bertz CT molecular complexity index is 248. The van der Waals surface area contributed by atoms with Crippen LogP contribution in [0.15, 0.2) is 0 Å². The number of unbranched alkanes of at least 4 members (excludes halogenated alkanes) is 7. The largest absolute Gasteiger partial charge is 0.345 e. The first-order chi connectivity index (χ1) is 8.31. The maximum absolute atomic E-state index is 11.8. The predicted molar refractivity (Wildman–Crippen MR) is 77.7 cm³/mol. The molecule has 1 amide bonds. The van der Waals surface area contributed by atoms with Gasteiger partial charge >= 0.3 is 0 Å². The van der Waals surface area contributed by atoms with Crippen molar-refractivity contribution < 1.29 is 9.18 Å². The number of amides is 1. The summed E-state index contributed by atoms with van der Waals surface area (Å²) in [5.41, 5.74) is 0. The van der Waals surface area contributed by atoms with Crippen LogP contribution >= 0.6 is 22.6 Å². The second-order valence-corrected chi connectivity index (χ2v) is 4.53. The third-order valence-electron chi connectivity index (χ3n) is 2.51. The second-order valence-electron chi connectivity index (χ2n) is 3.99. The fourth-order valence-corrected chi connectivity index (χ4v) is 1.81. The van der Waals surface area contributed by atoms with Crippen LogP contribution in [0.25, 0.3) is 0 Å². The molecule has 0 aromatic heterocycles. The van der Waals surface area contributed by atoms with Crippen molar-refractivity contribution in [3.8, 4) is 9.85 Å². The van der Waals surface area contributed by atoms with Crippen molar-refractivity contribution in [2.75, 3.05) is 13.2 Å². The minimum atomic E-state index is -0.189. The highest BCUT2D eigenvalue weighted by Gasteiger charge is 1.95. The SMILES string of the molecule is O=C(C#CI)NCCCCCCCCCCF. The highest BCUT2D eigenvalue weighted by molar-refractivity contribution is 14.1. The maximum Gasteiger partial charge on any atom is 0.296 e. The van der Waals surface area contributed by atoms with Crippen LogP contribution in [0.3, 0.4) is 0 Å². The Kier molecular flexibility index (Phi) is 13.5. The molecule has 0 bridgehead atoms. The fraction of sp³-hybridized carbons (Fsp3) is 0.769. The van der Waals surface area contributed by atoms with Gasteiger partial charge in [-0.2, -0.15) is 0 Å². The molecule has 0 unspecified atom stereocenters. The summed E-state index contributed by atoms with van der Waals surface area (Å²) in [6, 6.07) is 0. The topological polar surface area (TPSA) is 29.1 Å². The van der Waals surface area contributed by atoms with Crippen LogP contribution in [0.2, 0.25) is 0 Å². The van der Waals surface area contributed by atoms with Crippen LogP contribution < -0.4 is 5.32 Å². The molecule has 4 heteroatoms. The number of nitrogens with one attached hydrogen (secondary N) is 1. The molecule has 17 heavy (non-hydrogen) atoms. The third-order valence-corrected chi connectivity index (χ3v) is 2.78. The van der Waals surface area contributed by atoms with Crippen molar-refractivity contribution in [1.82, 2.24) is 5.32 Å². The minimum absolute atomic E-state index is 0.181. The molecule has 2 nitrogen and oxygen atoms in total. The summed E-state index contributed by atoms with van der Waals surface area (Å²) in [6.45, 7) is 0.534. The first-order valence-electron chi connectivity index (χ1n) is 6.26. The van der Waals surface area contributed by atoms with Gasteiger partial charge in [-0.25, -0.2) is 0 Å². The number of halogens is 2. The van der Waals surface area contributed by atoms with Crippen molar-refractivity contribution in [3.63, 3.8) is 0 Å². The van der Waals surface area contributed by atoms with Crippen LogP contribution in [0, 0.1) is 9.85 Å². The standard InChI is InChI=1S/C13H21FINO/c14-10-7-5-3-1-2-4-6-8-12-16-13(17)9-11-15/h1-8,10,12H2,(H,16,17). The van der Waals surface area contributed by atoms with Gasteiger partial charge in [0, 0.05) is 35.1 Å². The van der Waals surface area contributed by atoms with Gasteiger partial charge in [-0.1, -0.05) is 38.5 Å². The van der Waals surface area contributed by atoms with Crippen molar-refractivity contribution >= 4 is 28.5 Å². The maximum atomic E-state index is 11.8. The Morgan fingerprint density at radius 3 is 2.06 bits per heavy atom. The van der Waals surface area contributed by atoms with Gasteiger partial charge in [0.05, 0.1) is 6.67 Å². The minimum Gasteiger partial charge on any atom is -0.345 e.